The number of rotatable bonds is 4. The van der Waals surface area contributed by atoms with Gasteiger partial charge >= 0.3 is 0 Å². The average molecular weight is 446 g/mol. The molecule has 33 heavy (non-hydrogen) atoms. The molecule has 5 rings (SSSR count). The van der Waals surface area contributed by atoms with Gasteiger partial charge in [-0.05, 0) is 42.0 Å². The molecule has 3 heterocycles. The monoisotopic (exact) mass is 445 g/mol. The van der Waals surface area contributed by atoms with Gasteiger partial charge in [-0.2, -0.15) is 0 Å². The fourth-order valence-corrected chi connectivity index (χ4v) is 4.59. The van der Waals surface area contributed by atoms with Gasteiger partial charge in [-0.25, -0.2) is 9.37 Å². The predicted octanol–water partition coefficient (Wildman–Crippen LogP) is 3.33. The summed E-state index contributed by atoms with van der Waals surface area (Å²) in [4.78, 5) is 24.1. The Balaban J connectivity index is 1.23. The van der Waals surface area contributed by atoms with Crippen molar-refractivity contribution in [1.29, 1.82) is 0 Å². The molecule has 2 aliphatic heterocycles. The highest BCUT2D eigenvalue weighted by molar-refractivity contribution is 5.95. The second-order valence-electron chi connectivity index (χ2n) is 8.52. The third kappa shape index (κ3) is 4.83. The number of aromatic nitrogens is 1. The predicted molar refractivity (Wildman–Crippen MR) is 128 cm³/mol. The lowest BCUT2D eigenvalue weighted by atomic mass is 10.0. The van der Waals surface area contributed by atoms with Gasteiger partial charge in [0.1, 0.15) is 11.6 Å². The van der Waals surface area contributed by atoms with Crippen LogP contribution < -0.4 is 15.1 Å². The summed E-state index contributed by atoms with van der Waals surface area (Å²) >= 11 is 0. The molecule has 1 aromatic heterocycles. The molecule has 0 bridgehead atoms. The van der Waals surface area contributed by atoms with Crippen molar-refractivity contribution in [2.75, 3.05) is 55.6 Å². The van der Waals surface area contributed by atoms with Crippen LogP contribution >= 0.6 is 0 Å². The molecule has 2 aliphatic rings. The Kier molecular flexibility index (Phi) is 6.21. The lowest BCUT2D eigenvalue weighted by Crippen LogP contribution is -2.49. The first-order chi connectivity index (χ1) is 16.2. The molecule has 1 amide bonds. The fraction of sp³-hybridized carbons (Fsp3) is 0.308. The first-order valence-corrected chi connectivity index (χ1v) is 11.5. The maximum Gasteiger partial charge on any atom is 0.254 e. The molecule has 2 aromatic carbocycles. The summed E-state index contributed by atoms with van der Waals surface area (Å²) in [5, 5.41) is 3.57. The van der Waals surface area contributed by atoms with Crippen molar-refractivity contribution in [1.82, 2.24) is 15.2 Å². The topological polar surface area (TPSA) is 51.7 Å². The number of amides is 1. The van der Waals surface area contributed by atoms with Crippen molar-refractivity contribution in [2.45, 2.75) is 6.04 Å². The summed E-state index contributed by atoms with van der Waals surface area (Å²) < 4.78 is 13.2. The standard InChI is InChI=1S/C26H28FN5O/c27-22-6-8-23(9-7-22)30-14-16-31(17-15-30)26(33)21-10-11-29-25(18-21)32-13-12-28-24(19-32)20-4-2-1-3-5-20/h1-11,18,24,28H,12-17,19H2/t24-/m0/s1. The van der Waals surface area contributed by atoms with E-state index in [-0.39, 0.29) is 17.8 Å². The van der Waals surface area contributed by atoms with E-state index >= 15 is 0 Å². The van der Waals surface area contributed by atoms with Gasteiger partial charge in [0.2, 0.25) is 0 Å². The summed E-state index contributed by atoms with van der Waals surface area (Å²) in [7, 11) is 0. The van der Waals surface area contributed by atoms with Crippen LogP contribution in [0, 0.1) is 5.82 Å². The third-order valence-electron chi connectivity index (χ3n) is 6.45. The number of nitrogens with zero attached hydrogens (tertiary/aromatic N) is 4. The SMILES string of the molecule is O=C(c1ccnc(N2CCN[C@H](c3ccccc3)C2)c1)N1CCN(c2ccc(F)cc2)CC1. The van der Waals surface area contributed by atoms with E-state index in [0.29, 0.717) is 18.7 Å². The Morgan fingerprint density at radius 3 is 2.42 bits per heavy atom. The molecule has 1 atom stereocenters. The smallest absolute Gasteiger partial charge is 0.254 e. The maximum absolute atomic E-state index is 13.2. The average Bonchev–Trinajstić information content (AvgIpc) is 2.89. The molecule has 6 nitrogen and oxygen atoms in total. The van der Waals surface area contributed by atoms with E-state index in [4.69, 9.17) is 0 Å². The number of nitrogens with one attached hydrogen (secondary N) is 1. The molecule has 0 radical (unpaired) electrons. The van der Waals surface area contributed by atoms with E-state index in [9.17, 15) is 9.18 Å². The van der Waals surface area contributed by atoms with Crippen LogP contribution in [0.2, 0.25) is 0 Å². The van der Waals surface area contributed by atoms with Crippen LogP contribution in [0.5, 0.6) is 0 Å². The van der Waals surface area contributed by atoms with E-state index < -0.39 is 0 Å². The second kappa shape index (κ2) is 9.58. The molecule has 0 unspecified atom stereocenters. The quantitative estimate of drug-likeness (QED) is 0.668. The van der Waals surface area contributed by atoms with Crippen molar-refractivity contribution in [3.8, 4) is 0 Å². The lowest BCUT2D eigenvalue weighted by Gasteiger charge is -2.36. The Labute approximate surface area is 193 Å². The van der Waals surface area contributed by atoms with Crippen LogP contribution in [0.25, 0.3) is 0 Å². The molecule has 0 aliphatic carbocycles. The largest absolute Gasteiger partial charge is 0.368 e. The highest BCUT2D eigenvalue weighted by Crippen LogP contribution is 2.23. The zero-order chi connectivity index (χ0) is 22.6. The normalized spacial score (nSPS) is 18.9. The van der Waals surface area contributed by atoms with E-state index in [1.807, 2.05) is 17.0 Å². The Bertz CT molecular complexity index is 1080. The molecule has 0 spiro atoms. The van der Waals surface area contributed by atoms with Crippen molar-refractivity contribution in [2.24, 2.45) is 0 Å². The number of pyridine rings is 1. The number of benzene rings is 2. The molecular weight excluding hydrogens is 417 g/mol. The van der Waals surface area contributed by atoms with Crippen LogP contribution in [-0.2, 0) is 0 Å². The minimum atomic E-state index is -0.236. The fourth-order valence-electron chi connectivity index (χ4n) is 4.59. The number of hydrogen-bond donors (Lipinski definition) is 1. The van der Waals surface area contributed by atoms with Gasteiger partial charge in [-0.15, -0.1) is 0 Å². The molecule has 2 fully saturated rings. The first kappa shape index (κ1) is 21.4. The summed E-state index contributed by atoms with van der Waals surface area (Å²) in [5.41, 5.74) is 2.92. The van der Waals surface area contributed by atoms with Gasteiger partial charge in [-0.3, -0.25) is 4.79 Å². The maximum atomic E-state index is 13.2. The molecular formula is C26H28FN5O. The van der Waals surface area contributed by atoms with E-state index in [0.717, 1.165) is 44.2 Å². The number of carbonyl (C=O) groups excluding carboxylic acids is 1. The van der Waals surface area contributed by atoms with Gasteiger partial charge in [0.05, 0.1) is 0 Å². The molecule has 0 saturated carbocycles. The van der Waals surface area contributed by atoms with Gasteiger partial charge in [-0.1, -0.05) is 30.3 Å². The molecule has 2 saturated heterocycles. The number of piperazine rings is 2. The lowest BCUT2D eigenvalue weighted by molar-refractivity contribution is 0.0746. The van der Waals surface area contributed by atoms with Crippen molar-refractivity contribution >= 4 is 17.4 Å². The zero-order valence-corrected chi connectivity index (χ0v) is 18.5. The number of anilines is 2. The van der Waals surface area contributed by atoms with Crippen molar-refractivity contribution in [3.63, 3.8) is 0 Å². The van der Waals surface area contributed by atoms with Gasteiger partial charge in [0.25, 0.3) is 5.91 Å². The highest BCUT2D eigenvalue weighted by Gasteiger charge is 2.25. The van der Waals surface area contributed by atoms with Gasteiger partial charge in [0, 0.05) is 69.3 Å². The zero-order valence-electron chi connectivity index (χ0n) is 18.5. The summed E-state index contributed by atoms with van der Waals surface area (Å²) in [6, 6.07) is 20.9. The second-order valence-corrected chi connectivity index (χ2v) is 8.52. The van der Waals surface area contributed by atoms with E-state index in [1.54, 1.807) is 24.4 Å². The summed E-state index contributed by atoms with van der Waals surface area (Å²) in [6.07, 6.45) is 1.73. The van der Waals surface area contributed by atoms with Crippen LogP contribution in [-0.4, -0.2) is 61.6 Å². The number of halogens is 1. The molecule has 170 valence electrons. The number of carbonyl (C=O) groups is 1. The van der Waals surface area contributed by atoms with Gasteiger partial charge < -0.3 is 20.0 Å². The van der Waals surface area contributed by atoms with Crippen LogP contribution in [0.15, 0.2) is 72.9 Å². The van der Waals surface area contributed by atoms with Crippen LogP contribution in [0.3, 0.4) is 0 Å². The molecule has 7 heteroatoms. The first-order valence-electron chi connectivity index (χ1n) is 11.5. The summed E-state index contributed by atoms with van der Waals surface area (Å²) in [6.45, 7) is 5.26. The Morgan fingerprint density at radius 1 is 0.909 bits per heavy atom. The van der Waals surface area contributed by atoms with Crippen LogP contribution in [0.1, 0.15) is 22.0 Å². The molecule has 3 aromatic rings. The third-order valence-corrected chi connectivity index (χ3v) is 6.45. The van der Waals surface area contributed by atoms with Gasteiger partial charge in [0.15, 0.2) is 0 Å². The van der Waals surface area contributed by atoms with Crippen molar-refractivity contribution < 1.29 is 9.18 Å². The summed E-state index contributed by atoms with van der Waals surface area (Å²) in [5.74, 6) is 0.640. The Hall–Kier alpha value is -3.45. The van der Waals surface area contributed by atoms with Crippen molar-refractivity contribution in [3.05, 3.63) is 89.9 Å². The minimum absolute atomic E-state index is 0.0344. The minimum Gasteiger partial charge on any atom is -0.368 e. The van der Waals surface area contributed by atoms with Crippen LogP contribution in [0.4, 0.5) is 15.9 Å². The van der Waals surface area contributed by atoms with E-state index in [2.05, 4.69) is 44.4 Å². The Morgan fingerprint density at radius 2 is 1.67 bits per heavy atom. The van der Waals surface area contributed by atoms with E-state index in [1.165, 1.54) is 17.7 Å². The molecule has 1 N–H and O–H groups in total. The number of hydrogen-bond acceptors (Lipinski definition) is 5. The highest BCUT2D eigenvalue weighted by atomic mass is 19.1.